The lowest BCUT2D eigenvalue weighted by Crippen LogP contribution is -2.38. The molecule has 1 fully saturated rings. The molecule has 0 bridgehead atoms. The molecule has 0 radical (unpaired) electrons. The molecule has 1 heterocycles. The van der Waals surface area contributed by atoms with Crippen LogP contribution in [0.2, 0.25) is 10.0 Å². The predicted molar refractivity (Wildman–Crippen MR) is 131 cm³/mol. The highest BCUT2D eigenvalue weighted by atomic mass is 35.5. The summed E-state index contributed by atoms with van der Waals surface area (Å²) >= 11 is 17.9. The Morgan fingerprint density at radius 2 is 1.74 bits per heavy atom. The summed E-state index contributed by atoms with van der Waals surface area (Å²) < 4.78 is 39.9. The minimum Gasteiger partial charge on any atom is -0.381 e. The molecule has 1 N–H and O–H groups in total. The van der Waals surface area contributed by atoms with Crippen LogP contribution in [0, 0.1) is 6.92 Å². The zero-order chi connectivity index (χ0) is 23.0. The number of nitrogens with one attached hydrogen (secondary N) is 1. The van der Waals surface area contributed by atoms with Crippen molar-refractivity contribution in [2.45, 2.75) is 30.3 Å². The first kappa shape index (κ1) is 24.4. The van der Waals surface area contributed by atoms with Gasteiger partial charge in [0.25, 0.3) is 0 Å². The molecule has 31 heavy (non-hydrogen) atoms. The Morgan fingerprint density at radius 1 is 1.13 bits per heavy atom. The van der Waals surface area contributed by atoms with E-state index < -0.39 is 17.3 Å². The molecule has 0 aliphatic carbocycles. The highest BCUT2D eigenvalue weighted by Gasteiger charge is 2.53. The first-order valence-electron chi connectivity index (χ1n) is 9.49. The molecule has 1 atom stereocenters. The van der Waals surface area contributed by atoms with Crippen molar-refractivity contribution in [3.63, 3.8) is 0 Å². The average molecular weight is 504 g/mol. The number of rotatable bonds is 7. The number of alkyl halides is 3. The maximum absolute atomic E-state index is 14.1. The van der Waals surface area contributed by atoms with Gasteiger partial charge >= 0.3 is 6.18 Å². The molecule has 1 nitrogen and oxygen atoms in total. The Hall–Kier alpha value is -1.21. The van der Waals surface area contributed by atoms with E-state index in [1.807, 2.05) is 30.8 Å². The van der Waals surface area contributed by atoms with Gasteiger partial charge in [-0.1, -0.05) is 54.6 Å². The van der Waals surface area contributed by atoms with Crippen LogP contribution < -0.4 is 5.32 Å². The van der Waals surface area contributed by atoms with E-state index in [9.17, 15) is 13.2 Å². The van der Waals surface area contributed by atoms with E-state index in [2.05, 4.69) is 31.1 Å². The zero-order valence-electron chi connectivity index (χ0n) is 16.8. The van der Waals surface area contributed by atoms with Crippen LogP contribution in [0.4, 0.5) is 13.2 Å². The lowest BCUT2D eigenvalue weighted by atomic mass is 9.87. The van der Waals surface area contributed by atoms with E-state index >= 15 is 0 Å². The average Bonchev–Trinajstić information content (AvgIpc) is 2.62. The Balaban J connectivity index is 1.86. The van der Waals surface area contributed by atoms with Crippen molar-refractivity contribution in [3.05, 3.63) is 81.9 Å². The molecular weight excluding hydrogens is 482 g/mol. The molecular formula is C23H22Cl2F3NS2. The number of thioether (sulfide) groups is 1. The summed E-state index contributed by atoms with van der Waals surface area (Å²) in [7, 11) is 0. The minimum atomic E-state index is -4.65. The van der Waals surface area contributed by atoms with Crippen LogP contribution >= 0.6 is 47.6 Å². The van der Waals surface area contributed by atoms with Crippen LogP contribution in [0.1, 0.15) is 28.7 Å². The SMILES string of the molecule is C=C(CC(S)(c1cc(Cl)cc(Cl)c1)C(F)(F)F)c1ccc(C(=C)NC2CSC2)c(C)c1. The quantitative estimate of drug-likeness (QED) is 0.374. The fourth-order valence-corrected chi connectivity index (χ4v) is 4.92. The zero-order valence-corrected chi connectivity index (χ0v) is 20.0. The number of hydrogen-bond acceptors (Lipinski definition) is 3. The van der Waals surface area contributed by atoms with Crippen LogP contribution in [-0.2, 0) is 4.75 Å². The third-order valence-electron chi connectivity index (χ3n) is 5.25. The molecule has 3 rings (SSSR count). The lowest BCUT2D eigenvalue weighted by molar-refractivity contribution is -0.160. The standard InChI is InChI=1S/C23H22Cl2F3NS2/c1-13-6-16(4-5-21(13)15(3)29-20-11-31-12-20)14(2)10-22(30,23(26,27)28)17-7-18(24)9-19(25)8-17/h4-9,20,29-30H,2-3,10-12H2,1H3. The number of aryl methyl sites for hydroxylation is 1. The third-order valence-corrected chi connectivity index (χ3v) is 7.64. The van der Waals surface area contributed by atoms with Crippen LogP contribution in [0.15, 0.2) is 49.6 Å². The van der Waals surface area contributed by atoms with E-state index in [0.29, 0.717) is 17.2 Å². The van der Waals surface area contributed by atoms with Crippen molar-refractivity contribution in [3.8, 4) is 0 Å². The Kier molecular flexibility index (Phi) is 7.36. The van der Waals surface area contributed by atoms with E-state index in [1.54, 1.807) is 6.07 Å². The van der Waals surface area contributed by atoms with Crippen molar-refractivity contribution in [2.24, 2.45) is 0 Å². The molecule has 0 aromatic heterocycles. The molecule has 1 aliphatic heterocycles. The van der Waals surface area contributed by atoms with Crippen molar-refractivity contribution >= 4 is 58.9 Å². The largest absolute Gasteiger partial charge is 0.407 e. The second-order valence-corrected chi connectivity index (χ2v) is 10.4. The molecule has 0 saturated carbocycles. The molecule has 0 spiro atoms. The summed E-state index contributed by atoms with van der Waals surface area (Å²) in [6.07, 6.45) is -5.10. The third kappa shape index (κ3) is 5.41. The van der Waals surface area contributed by atoms with Gasteiger partial charge in [0.2, 0.25) is 0 Å². The number of allylic oxidation sites excluding steroid dienone is 1. The molecule has 1 unspecified atom stereocenters. The number of thiol groups is 1. The van der Waals surface area contributed by atoms with E-state index in [4.69, 9.17) is 23.2 Å². The van der Waals surface area contributed by atoms with Gasteiger partial charge in [-0.05, 0) is 59.4 Å². The van der Waals surface area contributed by atoms with Crippen LogP contribution in [0.25, 0.3) is 11.3 Å². The van der Waals surface area contributed by atoms with Crippen LogP contribution in [0.5, 0.6) is 0 Å². The summed E-state index contributed by atoms with van der Waals surface area (Å²) in [6, 6.07) is 9.73. The van der Waals surface area contributed by atoms with Gasteiger partial charge in [-0.15, -0.1) is 0 Å². The predicted octanol–water partition coefficient (Wildman–Crippen LogP) is 7.77. The molecule has 1 saturated heterocycles. The highest BCUT2D eigenvalue weighted by Crippen LogP contribution is 2.50. The van der Waals surface area contributed by atoms with Gasteiger partial charge in [0, 0.05) is 33.3 Å². The summed E-state index contributed by atoms with van der Waals surface area (Å²) in [5.41, 5.74) is 3.46. The summed E-state index contributed by atoms with van der Waals surface area (Å²) in [6.45, 7) is 9.93. The van der Waals surface area contributed by atoms with Crippen LogP contribution in [0.3, 0.4) is 0 Å². The van der Waals surface area contributed by atoms with Gasteiger partial charge in [0.05, 0.1) is 0 Å². The summed E-state index contributed by atoms with van der Waals surface area (Å²) in [5.74, 6) is 2.09. The van der Waals surface area contributed by atoms with Gasteiger partial charge < -0.3 is 5.32 Å². The van der Waals surface area contributed by atoms with Crippen molar-refractivity contribution < 1.29 is 13.2 Å². The fraction of sp³-hybridized carbons (Fsp3) is 0.304. The topological polar surface area (TPSA) is 12.0 Å². The smallest absolute Gasteiger partial charge is 0.381 e. The highest BCUT2D eigenvalue weighted by molar-refractivity contribution is 8.00. The molecule has 1 aliphatic rings. The fourth-order valence-electron chi connectivity index (χ4n) is 3.43. The van der Waals surface area contributed by atoms with Gasteiger partial charge in [-0.2, -0.15) is 37.6 Å². The number of hydrogen-bond donors (Lipinski definition) is 2. The molecule has 8 heteroatoms. The molecule has 0 amide bonds. The Bertz CT molecular complexity index is 998. The van der Waals surface area contributed by atoms with Crippen LogP contribution in [-0.4, -0.2) is 23.7 Å². The lowest BCUT2D eigenvalue weighted by Gasteiger charge is -2.33. The van der Waals surface area contributed by atoms with Gasteiger partial charge in [-0.3, -0.25) is 0 Å². The second kappa shape index (κ2) is 9.34. The maximum atomic E-state index is 14.1. The van der Waals surface area contributed by atoms with E-state index in [-0.39, 0.29) is 15.6 Å². The van der Waals surface area contributed by atoms with Gasteiger partial charge in [-0.25, -0.2) is 0 Å². The molecule has 2 aromatic rings. The number of benzene rings is 2. The van der Waals surface area contributed by atoms with Crippen molar-refractivity contribution in [2.75, 3.05) is 11.5 Å². The van der Waals surface area contributed by atoms with E-state index in [1.165, 1.54) is 18.2 Å². The summed E-state index contributed by atoms with van der Waals surface area (Å²) in [4.78, 5) is 0. The summed E-state index contributed by atoms with van der Waals surface area (Å²) in [5, 5.41) is 3.62. The minimum absolute atomic E-state index is 0.117. The van der Waals surface area contributed by atoms with E-state index in [0.717, 1.165) is 28.3 Å². The number of halogens is 5. The Morgan fingerprint density at radius 3 is 2.23 bits per heavy atom. The first-order chi connectivity index (χ1) is 14.4. The maximum Gasteiger partial charge on any atom is 0.407 e. The molecule has 2 aromatic carbocycles. The van der Waals surface area contributed by atoms with Crippen molar-refractivity contribution in [1.82, 2.24) is 5.32 Å². The first-order valence-corrected chi connectivity index (χ1v) is 11.8. The Labute approximate surface area is 200 Å². The molecule has 166 valence electrons. The normalized spacial score (nSPS) is 16.4. The second-order valence-electron chi connectivity index (χ2n) is 7.68. The van der Waals surface area contributed by atoms with Gasteiger partial charge in [0.1, 0.15) is 4.75 Å². The van der Waals surface area contributed by atoms with Gasteiger partial charge in [0.15, 0.2) is 0 Å². The van der Waals surface area contributed by atoms with Crippen molar-refractivity contribution in [1.29, 1.82) is 0 Å². The monoisotopic (exact) mass is 503 g/mol.